The van der Waals surface area contributed by atoms with Crippen molar-refractivity contribution in [3.05, 3.63) is 29.8 Å². The second-order valence-electron chi connectivity index (χ2n) is 5.75. The van der Waals surface area contributed by atoms with Crippen LogP contribution < -0.4 is 4.90 Å². The average molecular weight is 287 g/mol. The molecule has 0 bridgehead atoms. The highest BCUT2D eigenvalue weighted by molar-refractivity contribution is 6.06. The predicted octanol–water partition coefficient (Wildman–Crippen LogP) is 4.36. The highest BCUT2D eigenvalue weighted by Gasteiger charge is 2.24. The van der Waals surface area contributed by atoms with Gasteiger partial charge < -0.3 is 4.90 Å². The smallest absolute Gasteiger partial charge is 0.226 e. The summed E-state index contributed by atoms with van der Waals surface area (Å²) in [4.78, 5) is 26.4. The SMILES string of the molecule is CCCCCCCC(=O)N1CCCC(=O)c2ccccc21. The first-order chi connectivity index (χ1) is 10.2. The van der Waals surface area contributed by atoms with E-state index in [1.54, 1.807) is 0 Å². The zero-order valence-electron chi connectivity index (χ0n) is 12.9. The lowest BCUT2D eigenvalue weighted by Gasteiger charge is -2.22. The number of para-hydroxylation sites is 1. The molecule has 0 spiro atoms. The first-order valence-corrected chi connectivity index (χ1v) is 8.16. The maximum atomic E-state index is 12.5. The van der Waals surface area contributed by atoms with Gasteiger partial charge in [-0.25, -0.2) is 0 Å². The third-order valence-electron chi connectivity index (χ3n) is 4.08. The van der Waals surface area contributed by atoms with Crippen LogP contribution in [-0.4, -0.2) is 18.2 Å². The van der Waals surface area contributed by atoms with Gasteiger partial charge in [0.05, 0.1) is 5.69 Å². The van der Waals surface area contributed by atoms with E-state index >= 15 is 0 Å². The topological polar surface area (TPSA) is 37.4 Å². The Morgan fingerprint density at radius 3 is 2.71 bits per heavy atom. The summed E-state index contributed by atoms with van der Waals surface area (Å²) in [5, 5.41) is 0. The number of fused-ring (bicyclic) bond motifs is 1. The molecule has 114 valence electrons. The standard InChI is InChI=1S/C18H25NO2/c1-2-3-4-5-6-13-18(21)19-14-9-12-17(20)15-10-7-8-11-16(15)19/h7-8,10-11H,2-6,9,12-14H2,1H3. The van der Waals surface area contributed by atoms with Gasteiger partial charge in [-0.3, -0.25) is 9.59 Å². The zero-order chi connectivity index (χ0) is 15.1. The van der Waals surface area contributed by atoms with Gasteiger partial charge in [-0.05, 0) is 25.0 Å². The molecule has 1 aliphatic heterocycles. The molecule has 1 heterocycles. The Morgan fingerprint density at radius 2 is 1.90 bits per heavy atom. The molecule has 0 radical (unpaired) electrons. The van der Waals surface area contributed by atoms with E-state index in [9.17, 15) is 9.59 Å². The van der Waals surface area contributed by atoms with Crippen LogP contribution in [0.5, 0.6) is 0 Å². The average Bonchev–Trinajstić information content (AvgIpc) is 2.67. The molecule has 0 atom stereocenters. The van der Waals surface area contributed by atoms with Crippen molar-refractivity contribution in [1.82, 2.24) is 0 Å². The fourth-order valence-corrected chi connectivity index (χ4v) is 2.87. The lowest BCUT2D eigenvalue weighted by Crippen LogP contribution is -2.31. The minimum atomic E-state index is 0.156. The normalized spacial score (nSPS) is 14.7. The fraction of sp³-hybridized carbons (Fsp3) is 0.556. The number of amides is 1. The summed E-state index contributed by atoms with van der Waals surface area (Å²) in [5.41, 5.74) is 1.51. The van der Waals surface area contributed by atoms with Gasteiger partial charge in [0.2, 0.25) is 5.91 Å². The maximum absolute atomic E-state index is 12.5. The number of anilines is 1. The van der Waals surface area contributed by atoms with Crippen LogP contribution in [0.2, 0.25) is 0 Å². The van der Waals surface area contributed by atoms with Crippen molar-refractivity contribution in [2.24, 2.45) is 0 Å². The highest BCUT2D eigenvalue weighted by Crippen LogP contribution is 2.27. The molecule has 21 heavy (non-hydrogen) atoms. The Kier molecular flexibility index (Phi) is 5.97. The minimum Gasteiger partial charge on any atom is -0.312 e. The fourth-order valence-electron chi connectivity index (χ4n) is 2.87. The van der Waals surface area contributed by atoms with Gasteiger partial charge in [0.15, 0.2) is 5.78 Å². The second-order valence-corrected chi connectivity index (χ2v) is 5.75. The van der Waals surface area contributed by atoms with E-state index < -0.39 is 0 Å². The van der Waals surface area contributed by atoms with Crippen molar-refractivity contribution in [2.45, 2.75) is 58.3 Å². The van der Waals surface area contributed by atoms with Crippen LogP contribution in [0.25, 0.3) is 0 Å². The summed E-state index contributed by atoms with van der Waals surface area (Å²) < 4.78 is 0. The van der Waals surface area contributed by atoms with Crippen molar-refractivity contribution in [2.75, 3.05) is 11.4 Å². The lowest BCUT2D eigenvalue weighted by molar-refractivity contribution is -0.118. The molecular formula is C18H25NO2. The number of hydrogen-bond donors (Lipinski definition) is 0. The third-order valence-corrected chi connectivity index (χ3v) is 4.08. The lowest BCUT2D eigenvalue weighted by atomic mass is 10.1. The predicted molar refractivity (Wildman–Crippen MR) is 85.7 cm³/mol. The summed E-state index contributed by atoms with van der Waals surface area (Å²) in [6, 6.07) is 7.51. The third kappa shape index (κ3) is 4.16. The first kappa shape index (κ1) is 15.7. The van der Waals surface area contributed by atoms with Crippen molar-refractivity contribution >= 4 is 17.4 Å². The van der Waals surface area contributed by atoms with E-state index in [0.29, 0.717) is 24.9 Å². The molecule has 3 heteroatoms. The van der Waals surface area contributed by atoms with Crippen LogP contribution in [0.4, 0.5) is 5.69 Å². The summed E-state index contributed by atoms with van der Waals surface area (Å²) in [7, 11) is 0. The van der Waals surface area contributed by atoms with Gasteiger partial charge in [0.25, 0.3) is 0 Å². The quantitative estimate of drug-likeness (QED) is 0.729. The largest absolute Gasteiger partial charge is 0.312 e. The Labute approximate surface area is 127 Å². The van der Waals surface area contributed by atoms with Crippen LogP contribution in [0.15, 0.2) is 24.3 Å². The first-order valence-electron chi connectivity index (χ1n) is 8.16. The van der Waals surface area contributed by atoms with E-state index in [1.165, 1.54) is 19.3 Å². The Hall–Kier alpha value is -1.64. The number of hydrogen-bond acceptors (Lipinski definition) is 2. The molecule has 1 aromatic carbocycles. The highest BCUT2D eigenvalue weighted by atomic mass is 16.2. The molecule has 1 amide bonds. The van der Waals surface area contributed by atoms with Crippen LogP contribution in [0.1, 0.15) is 68.6 Å². The molecule has 0 N–H and O–H groups in total. The molecule has 0 saturated carbocycles. The van der Waals surface area contributed by atoms with Gasteiger partial charge in [-0.2, -0.15) is 0 Å². The number of carbonyl (C=O) groups is 2. The van der Waals surface area contributed by atoms with Gasteiger partial charge in [-0.1, -0.05) is 44.7 Å². The molecular weight excluding hydrogens is 262 g/mol. The summed E-state index contributed by atoms with van der Waals surface area (Å²) in [5.74, 6) is 0.317. The van der Waals surface area contributed by atoms with Crippen LogP contribution in [-0.2, 0) is 4.79 Å². The van der Waals surface area contributed by atoms with Crippen LogP contribution in [0.3, 0.4) is 0 Å². The van der Waals surface area contributed by atoms with E-state index in [1.807, 2.05) is 29.2 Å². The molecule has 0 aromatic heterocycles. The Bertz CT molecular complexity index is 496. The van der Waals surface area contributed by atoms with Gasteiger partial charge in [0.1, 0.15) is 0 Å². The van der Waals surface area contributed by atoms with Crippen molar-refractivity contribution < 1.29 is 9.59 Å². The number of nitrogens with zero attached hydrogens (tertiary/aromatic N) is 1. The minimum absolute atomic E-state index is 0.156. The van der Waals surface area contributed by atoms with E-state index in [0.717, 1.165) is 24.9 Å². The molecule has 0 saturated heterocycles. The summed E-state index contributed by atoms with van der Waals surface area (Å²) >= 11 is 0. The van der Waals surface area contributed by atoms with Crippen molar-refractivity contribution in [1.29, 1.82) is 0 Å². The number of carbonyl (C=O) groups excluding carboxylic acids is 2. The molecule has 2 rings (SSSR count). The van der Waals surface area contributed by atoms with Gasteiger partial charge in [-0.15, -0.1) is 0 Å². The van der Waals surface area contributed by atoms with Crippen molar-refractivity contribution in [3.8, 4) is 0 Å². The molecule has 0 aliphatic carbocycles. The van der Waals surface area contributed by atoms with Crippen LogP contribution >= 0.6 is 0 Å². The molecule has 1 aliphatic rings. The van der Waals surface area contributed by atoms with Gasteiger partial charge >= 0.3 is 0 Å². The number of benzene rings is 1. The van der Waals surface area contributed by atoms with Crippen molar-refractivity contribution in [3.63, 3.8) is 0 Å². The molecule has 3 nitrogen and oxygen atoms in total. The molecule has 0 fully saturated rings. The van der Waals surface area contributed by atoms with E-state index in [-0.39, 0.29) is 11.7 Å². The maximum Gasteiger partial charge on any atom is 0.226 e. The number of rotatable bonds is 6. The Morgan fingerprint density at radius 1 is 1.14 bits per heavy atom. The molecule has 0 unspecified atom stereocenters. The molecule has 1 aromatic rings. The zero-order valence-corrected chi connectivity index (χ0v) is 12.9. The van der Waals surface area contributed by atoms with Gasteiger partial charge in [0, 0.05) is 24.9 Å². The number of Topliss-reactive ketones (excluding diaryl/α,β-unsaturated/α-hetero) is 1. The number of unbranched alkanes of at least 4 members (excludes halogenated alkanes) is 4. The Balaban J connectivity index is 2.00. The number of ketones is 1. The second kappa shape index (κ2) is 7.96. The van der Waals surface area contributed by atoms with Crippen LogP contribution in [0, 0.1) is 0 Å². The van der Waals surface area contributed by atoms with E-state index in [4.69, 9.17) is 0 Å². The van der Waals surface area contributed by atoms with E-state index in [2.05, 4.69) is 6.92 Å². The monoisotopic (exact) mass is 287 g/mol. The summed E-state index contributed by atoms with van der Waals surface area (Å²) in [6.45, 7) is 2.85. The summed E-state index contributed by atoms with van der Waals surface area (Å²) in [6.07, 6.45) is 7.63.